The summed E-state index contributed by atoms with van der Waals surface area (Å²) in [5.74, 6) is 0.151. The van der Waals surface area contributed by atoms with E-state index in [0.29, 0.717) is 31.6 Å². The van der Waals surface area contributed by atoms with Crippen LogP contribution in [0.1, 0.15) is 6.42 Å². The highest BCUT2D eigenvalue weighted by Gasteiger charge is 2.48. The third-order valence-corrected chi connectivity index (χ3v) is 4.30. The van der Waals surface area contributed by atoms with Crippen LogP contribution < -0.4 is 9.64 Å². The number of aliphatic hydroxyl groups excluding tert-OH is 1. The Morgan fingerprint density at radius 2 is 2.50 bits per heavy atom. The lowest BCUT2D eigenvalue weighted by atomic mass is 9.76. The Morgan fingerprint density at radius 3 is 3.20 bits per heavy atom. The molecule has 2 atom stereocenters. The number of aromatic nitrogens is 2. The molecule has 0 unspecified atom stereocenters. The van der Waals surface area contributed by atoms with Gasteiger partial charge in [0.1, 0.15) is 0 Å². The van der Waals surface area contributed by atoms with E-state index in [1.54, 1.807) is 0 Å². The smallest absolute Gasteiger partial charge is 0.255 e. The second-order valence-electron chi connectivity index (χ2n) is 5.47. The number of nitrogens with zero attached hydrogens (tertiary/aromatic N) is 3. The summed E-state index contributed by atoms with van der Waals surface area (Å²) in [7, 11) is 1.38. The van der Waals surface area contributed by atoms with Gasteiger partial charge in [-0.2, -0.15) is 9.37 Å². The van der Waals surface area contributed by atoms with E-state index in [1.807, 2.05) is 4.90 Å². The molecule has 1 N–H and O–H groups in total. The highest BCUT2D eigenvalue weighted by molar-refractivity contribution is 5.36. The molecule has 0 aliphatic carbocycles. The van der Waals surface area contributed by atoms with Crippen LogP contribution in [0.3, 0.4) is 0 Å². The molecule has 0 radical (unpaired) electrons. The number of fused-ring (bicyclic) bond motifs is 1. The number of aliphatic hydroxyl groups is 1. The molecule has 6 nitrogen and oxygen atoms in total. The lowest BCUT2D eigenvalue weighted by molar-refractivity contribution is -0.0543. The van der Waals surface area contributed by atoms with Gasteiger partial charge >= 0.3 is 0 Å². The van der Waals surface area contributed by atoms with Crippen LogP contribution >= 0.6 is 0 Å². The Hall–Kier alpha value is -1.47. The molecular formula is C13H18FN3O3. The van der Waals surface area contributed by atoms with E-state index in [1.165, 1.54) is 7.11 Å². The first kappa shape index (κ1) is 13.5. The standard InChI is InChI=1S/C13H18FN3O3/c1-19-11-10(14)4-15-12(16-11)17-5-9-2-3-20-8-13(9,6-17)7-18/h4,9,18H,2-3,5-8H2,1H3/t9-,13+/m0/s1. The molecule has 1 aromatic heterocycles. The van der Waals surface area contributed by atoms with E-state index >= 15 is 0 Å². The molecule has 3 heterocycles. The van der Waals surface area contributed by atoms with Crippen molar-refractivity contribution < 1.29 is 19.0 Å². The van der Waals surface area contributed by atoms with Crippen molar-refractivity contribution in [2.24, 2.45) is 11.3 Å². The minimum Gasteiger partial charge on any atom is -0.479 e. The van der Waals surface area contributed by atoms with Crippen molar-refractivity contribution in [3.05, 3.63) is 12.0 Å². The maximum absolute atomic E-state index is 13.4. The molecule has 2 aliphatic heterocycles. The summed E-state index contributed by atoms with van der Waals surface area (Å²) < 4.78 is 23.8. The normalized spacial score (nSPS) is 29.4. The van der Waals surface area contributed by atoms with Crippen LogP contribution in [-0.4, -0.2) is 55.1 Å². The number of ether oxygens (including phenoxy) is 2. The van der Waals surface area contributed by atoms with Gasteiger partial charge in [0.15, 0.2) is 0 Å². The van der Waals surface area contributed by atoms with Gasteiger partial charge in [0.25, 0.3) is 5.88 Å². The number of methoxy groups -OCH3 is 1. The summed E-state index contributed by atoms with van der Waals surface area (Å²) in [5.41, 5.74) is -0.261. The van der Waals surface area contributed by atoms with Gasteiger partial charge in [0, 0.05) is 25.1 Å². The first-order valence-electron chi connectivity index (χ1n) is 6.68. The fourth-order valence-corrected chi connectivity index (χ4v) is 3.11. The topological polar surface area (TPSA) is 67.7 Å². The maximum Gasteiger partial charge on any atom is 0.255 e. The van der Waals surface area contributed by atoms with Gasteiger partial charge in [-0.1, -0.05) is 0 Å². The van der Waals surface area contributed by atoms with E-state index in [9.17, 15) is 9.50 Å². The minimum atomic E-state index is -0.576. The monoisotopic (exact) mass is 283 g/mol. The third-order valence-electron chi connectivity index (χ3n) is 4.30. The fourth-order valence-electron chi connectivity index (χ4n) is 3.11. The van der Waals surface area contributed by atoms with Gasteiger partial charge in [-0.3, -0.25) is 0 Å². The molecule has 110 valence electrons. The summed E-state index contributed by atoms with van der Waals surface area (Å²) in [4.78, 5) is 10.1. The summed E-state index contributed by atoms with van der Waals surface area (Å²) in [5, 5.41) is 9.73. The predicted octanol–water partition coefficient (Wildman–Crippen LogP) is 0.460. The number of rotatable bonds is 3. The number of halogens is 1. The van der Waals surface area contributed by atoms with Crippen LogP contribution in [0, 0.1) is 17.2 Å². The number of anilines is 1. The van der Waals surface area contributed by atoms with E-state index in [2.05, 4.69) is 9.97 Å². The van der Waals surface area contributed by atoms with Crippen molar-refractivity contribution in [3.8, 4) is 5.88 Å². The average molecular weight is 283 g/mol. The molecule has 0 aromatic carbocycles. The van der Waals surface area contributed by atoms with Gasteiger partial charge in [-0.25, -0.2) is 4.98 Å². The zero-order valence-corrected chi connectivity index (χ0v) is 11.4. The molecule has 7 heteroatoms. The molecule has 0 saturated carbocycles. The van der Waals surface area contributed by atoms with Crippen molar-refractivity contribution in [1.29, 1.82) is 0 Å². The zero-order valence-electron chi connectivity index (χ0n) is 11.4. The van der Waals surface area contributed by atoms with E-state index in [-0.39, 0.29) is 17.9 Å². The first-order chi connectivity index (χ1) is 9.68. The SMILES string of the molecule is COc1nc(N2C[C@@H]3CCOC[C@]3(CO)C2)ncc1F. The number of hydrogen-bond acceptors (Lipinski definition) is 6. The van der Waals surface area contributed by atoms with Crippen LogP contribution in [0.25, 0.3) is 0 Å². The lowest BCUT2D eigenvalue weighted by Gasteiger charge is -2.36. The van der Waals surface area contributed by atoms with Crippen molar-refractivity contribution in [3.63, 3.8) is 0 Å². The van der Waals surface area contributed by atoms with Crippen LogP contribution in [0.2, 0.25) is 0 Å². The Morgan fingerprint density at radius 1 is 1.65 bits per heavy atom. The summed E-state index contributed by atoms with van der Waals surface area (Å²) in [6, 6.07) is 0. The third kappa shape index (κ3) is 2.10. The molecular weight excluding hydrogens is 265 g/mol. The van der Waals surface area contributed by atoms with Crippen molar-refractivity contribution in [2.45, 2.75) is 6.42 Å². The molecule has 2 fully saturated rings. The van der Waals surface area contributed by atoms with Gasteiger partial charge in [0.2, 0.25) is 11.8 Å². The lowest BCUT2D eigenvalue weighted by Crippen LogP contribution is -2.43. The van der Waals surface area contributed by atoms with Crippen molar-refractivity contribution in [1.82, 2.24) is 9.97 Å². The van der Waals surface area contributed by atoms with Crippen LogP contribution in [-0.2, 0) is 4.74 Å². The van der Waals surface area contributed by atoms with Crippen molar-refractivity contribution >= 4 is 5.95 Å². The van der Waals surface area contributed by atoms with Gasteiger partial charge < -0.3 is 19.5 Å². The predicted molar refractivity (Wildman–Crippen MR) is 69.2 cm³/mol. The second kappa shape index (κ2) is 5.14. The van der Waals surface area contributed by atoms with Gasteiger partial charge in [-0.05, 0) is 12.3 Å². The molecule has 2 saturated heterocycles. The Labute approximate surface area is 116 Å². The van der Waals surface area contributed by atoms with Crippen LogP contribution in [0.5, 0.6) is 5.88 Å². The molecule has 0 amide bonds. The summed E-state index contributed by atoms with van der Waals surface area (Å²) >= 11 is 0. The molecule has 0 spiro atoms. The van der Waals surface area contributed by atoms with E-state index in [4.69, 9.17) is 9.47 Å². The molecule has 3 rings (SSSR count). The highest BCUT2D eigenvalue weighted by atomic mass is 19.1. The van der Waals surface area contributed by atoms with Crippen LogP contribution in [0.4, 0.5) is 10.3 Å². The average Bonchev–Trinajstić information content (AvgIpc) is 2.87. The molecule has 2 aliphatic rings. The minimum absolute atomic E-state index is 0.0563. The van der Waals surface area contributed by atoms with E-state index < -0.39 is 5.82 Å². The Balaban J connectivity index is 1.85. The largest absolute Gasteiger partial charge is 0.479 e. The maximum atomic E-state index is 13.4. The molecule has 0 bridgehead atoms. The molecule has 1 aromatic rings. The van der Waals surface area contributed by atoms with Crippen molar-refractivity contribution in [2.75, 3.05) is 44.9 Å². The fraction of sp³-hybridized carbons (Fsp3) is 0.692. The summed E-state index contributed by atoms with van der Waals surface area (Å²) in [6.45, 7) is 2.70. The second-order valence-corrected chi connectivity index (χ2v) is 5.47. The first-order valence-corrected chi connectivity index (χ1v) is 6.68. The quantitative estimate of drug-likeness (QED) is 0.869. The van der Waals surface area contributed by atoms with Gasteiger partial charge in [0.05, 0.1) is 26.5 Å². The Bertz CT molecular complexity index is 502. The van der Waals surface area contributed by atoms with E-state index in [0.717, 1.165) is 19.2 Å². The highest BCUT2D eigenvalue weighted by Crippen LogP contribution is 2.42. The summed E-state index contributed by atoms with van der Waals surface area (Å²) in [6.07, 6.45) is 2.03. The van der Waals surface area contributed by atoms with Gasteiger partial charge in [-0.15, -0.1) is 0 Å². The van der Waals surface area contributed by atoms with Crippen LogP contribution in [0.15, 0.2) is 6.20 Å². The Kier molecular flexibility index (Phi) is 3.47. The zero-order chi connectivity index (χ0) is 14.2. The molecule has 20 heavy (non-hydrogen) atoms. The number of hydrogen-bond donors (Lipinski definition) is 1.